The van der Waals surface area contributed by atoms with E-state index in [1.807, 2.05) is 0 Å². The predicted molar refractivity (Wildman–Crippen MR) is 57.1 cm³/mol. The molecule has 88 valence electrons. The van der Waals surface area contributed by atoms with E-state index in [0.717, 1.165) is 0 Å². The van der Waals surface area contributed by atoms with E-state index >= 15 is 0 Å². The Kier molecular flexibility index (Phi) is 2.99. The van der Waals surface area contributed by atoms with Gasteiger partial charge in [-0.2, -0.15) is 9.97 Å². The van der Waals surface area contributed by atoms with Crippen LogP contribution in [0.2, 0.25) is 0 Å². The van der Waals surface area contributed by atoms with Crippen LogP contribution in [0.4, 0.5) is 0 Å². The van der Waals surface area contributed by atoms with Crippen LogP contribution in [-0.4, -0.2) is 39.6 Å². The van der Waals surface area contributed by atoms with Crippen LogP contribution in [-0.2, 0) is 0 Å². The fourth-order valence-corrected chi connectivity index (χ4v) is 1.20. The summed E-state index contributed by atoms with van der Waals surface area (Å²) < 4.78 is 11.2. The number of rotatable bonds is 3. The number of carbonyl (C=O) groups excluding carboxylic acids is 1. The van der Waals surface area contributed by atoms with Crippen LogP contribution < -0.4 is 9.47 Å². The van der Waals surface area contributed by atoms with Gasteiger partial charge < -0.3 is 9.47 Å². The smallest absolute Gasteiger partial charge is 0.301 e. The number of carbonyl (C=O) groups is 1. The number of nitrogens with zero attached hydrogens (tertiary/aromatic N) is 4. The van der Waals surface area contributed by atoms with Crippen molar-refractivity contribution in [2.45, 2.75) is 0 Å². The molecule has 17 heavy (non-hydrogen) atoms. The van der Waals surface area contributed by atoms with Crippen molar-refractivity contribution in [3.63, 3.8) is 0 Å². The first kappa shape index (κ1) is 11.1. The highest BCUT2D eigenvalue weighted by atomic mass is 16.5. The highest BCUT2D eigenvalue weighted by Gasteiger charge is 2.14. The first-order valence-corrected chi connectivity index (χ1v) is 4.74. The molecule has 0 aliphatic carbocycles. The standard InChI is InChI=1S/C10H10N4O3/c1-16-7-5-8(17-2)13-9(12-7)10(15)14-4-3-11-6-14/h3-6H,1-2H3. The van der Waals surface area contributed by atoms with Gasteiger partial charge in [0, 0.05) is 12.4 Å². The maximum absolute atomic E-state index is 11.9. The van der Waals surface area contributed by atoms with Crippen LogP contribution in [0.1, 0.15) is 10.6 Å². The van der Waals surface area contributed by atoms with Crippen molar-refractivity contribution in [3.05, 3.63) is 30.6 Å². The fraction of sp³-hybridized carbons (Fsp3) is 0.200. The average Bonchev–Trinajstić information content (AvgIpc) is 2.91. The molecule has 0 bridgehead atoms. The van der Waals surface area contributed by atoms with Crippen molar-refractivity contribution in [1.82, 2.24) is 19.5 Å². The first-order chi connectivity index (χ1) is 8.24. The van der Waals surface area contributed by atoms with Gasteiger partial charge in [-0.1, -0.05) is 0 Å². The minimum absolute atomic E-state index is 0.0146. The fourth-order valence-electron chi connectivity index (χ4n) is 1.20. The third kappa shape index (κ3) is 2.22. The van der Waals surface area contributed by atoms with Crippen LogP contribution in [0.25, 0.3) is 0 Å². The van der Waals surface area contributed by atoms with Gasteiger partial charge >= 0.3 is 5.91 Å². The molecule has 2 aromatic rings. The zero-order valence-corrected chi connectivity index (χ0v) is 9.32. The van der Waals surface area contributed by atoms with Crippen molar-refractivity contribution in [2.75, 3.05) is 14.2 Å². The van der Waals surface area contributed by atoms with Gasteiger partial charge in [0.2, 0.25) is 17.6 Å². The van der Waals surface area contributed by atoms with Crippen LogP contribution in [0.5, 0.6) is 11.8 Å². The molecule has 0 aliphatic rings. The quantitative estimate of drug-likeness (QED) is 0.763. The van der Waals surface area contributed by atoms with Crippen molar-refractivity contribution in [2.24, 2.45) is 0 Å². The van der Waals surface area contributed by atoms with Gasteiger partial charge in [0.15, 0.2) is 0 Å². The Labute approximate surface area is 97.1 Å². The Morgan fingerprint density at radius 2 is 1.88 bits per heavy atom. The molecule has 0 N–H and O–H groups in total. The topological polar surface area (TPSA) is 79.1 Å². The maximum atomic E-state index is 11.9. The van der Waals surface area contributed by atoms with Crippen LogP contribution in [0.15, 0.2) is 24.8 Å². The van der Waals surface area contributed by atoms with E-state index < -0.39 is 5.91 Å². The second-order valence-corrected chi connectivity index (χ2v) is 3.05. The summed E-state index contributed by atoms with van der Waals surface area (Å²) in [5, 5.41) is 0. The molecule has 0 amide bonds. The van der Waals surface area contributed by atoms with Crippen molar-refractivity contribution < 1.29 is 14.3 Å². The summed E-state index contributed by atoms with van der Waals surface area (Å²) in [5.41, 5.74) is 0. The molecule has 0 atom stereocenters. The molecule has 0 saturated carbocycles. The monoisotopic (exact) mass is 234 g/mol. The molecule has 0 fully saturated rings. The third-order valence-electron chi connectivity index (χ3n) is 2.03. The van der Waals surface area contributed by atoms with E-state index in [4.69, 9.17) is 9.47 Å². The Morgan fingerprint density at radius 3 is 2.35 bits per heavy atom. The van der Waals surface area contributed by atoms with E-state index in [1.165, 1.54) is 43.6 Å². The number of aromatic nitrogens is 4. The summed E-state index contributed by atoms with van der Waals surface area (Å²) in [7, 11) is 2.90. The minimum Gasteiger partial charge on any atom is -0.481 e. The SMILES string of the molecule is COc1cc(OC)nc(C(=O)n2ccnc2)n1. The summed E-state index contributed by atoms with van der Waals surface area (Å²) >= 11 is 0. The highest BCUT2D eigenvalue weighted by molar-refractivity contribution is 5.92. The largest absolute Gasteiger partial charge is 0.481 e. The normalized spacial score (nSPS) is 10.0. The lowest BCUT2D eigenvalue weighted by Gasteiger charge is -2.05. The van der Waals surface area contributed by atoms with Crippen molar-refractivity contribution >= 4 is 5.91 Å². The lowest BCUT2D eigenvalue weighted by atomic mass is 10.5. The molecular weight excluding hydrogens is 224 g/mol. The Balaban J connectivity index is 2.41. The second kappa shape index (κ2) is 4.60. The Morgan fingerprint density at radius 1 is 1.24 bits per heavy atom. The highest BCUT2D eigenvalue weighted by Crippen LogP contribution is 2.15. The van der Waals surface area contributed by atoms with Crippen LogP contribution in [0.3, 0.4) is 0 Å². The first-order valence-electron chi connectivity index (χ1n) is 4.74. The molecule has 0 spiro atoms. The van der Waals surface area contributed by atoms with Gasteiger partial charge in [-0.25, -0.2) is 4.98 Å². The lowest BCUT2D eigenvalue weighted by Crippen LogP contribution is -2.14. The van der Waals surface area contributed by atoms with Crippen molar-refractivity contribution in [3.8, 4) is 11.8 Å². The van der Waals surface area contributed by atoms with Gasteiger partial charge in [-0.15, -0.1) is 0 Å². The number of hydrogen-bond acceptors (Lipinski definition) is 6. The third-order valence-corrected chi connectivity index (χ3v) is 2.03. The van der Waals surface area contributed by atoms with E-state index in [9.17, 15) is 4.79 Å². The maximum Gasteiger partial charge on any atom is 0.301 e. The van der Waals surface area contributed by atoms with Gasteiger partial charge in [0.25, 0.3) is 0 Å². The number of ether oxygens (including phenoxy) is 2. The summed E-state index contributed by atoms with van der Waals surface area (Å²) in [6.07, 6.45) is 4.38. The molecule has 0 aromatic carbocycles. The molecule has 0 aliphatic heterocycles. The van der Waals surface area contributed by atoms with E-state index in [2.05, 4.69) is 15.0 Å². The van der Waals surface area contributed by atoms with E-state index in [0.29, 0.717) is 0 Å². The second-order valence-electron chi connectivity index (χ2n) is 3.05. The molecule has 7 heteroatoms. The van der Waals surface area contributed by atoms with Crippen LogP contribution >= 0.6 is 0 Å². The molecule has 7 nitrogen and oxygen atoms in total. The lowest BCUT2D eigenvalue weighted by molar-refractivity contribution is 0.0947. The number of hydrogen-bond donors (Lipinski definition) is 0. The molecule has 0 unspecified atom stereocenters. The van der Waals surface area contributed by atoms with E-state index in [1.54, 1.807) is 0 Å². The Hall–Kier alpha value is -2.44. The molecule has 2 rings (SSSR count). The van der Waals surface area contributed by atoms with E-state index in [-0.39, 0.29) is 17.6 Å². The van der Waals surface area contributed by atoms with Crippen LogP contribution in [0, 0.1) is 0 Å². The van der Waals surface area contributed by atoms with Crippen molar-refractivity contribution in [1.29, 1.82) is 0 Å². The van der Waals surface area contributed by atoms with Gasteiger partial charge in [0.05, 0.1) is 20.3 Å². The minimum atomic E-state index is -0.403. The summed E-state index contributed by atoms with van der Waals surface area (Å²) in [6, 6.07) is 1.49. The van der Waals surface area contributed by atoms with Gasteiger partial charge in [0.1, 0.15) is 6.33 Å². The molecular formula is C10H10N4O3. The number of methoxy groups -OCH3 is 2. The Bertz CT molecular complexity index is 502. The van der Waals surface area contributed by atoms with Gasteiger partial charge in [-0.05, 0) is 0 Å². The molecule has 0 radical (unpaired) electrons. The van der Waals surface area contributed by atoms with Gasteiger partial charge in [-0.3, -0.25) is 9.36 Å². The summed E-state index contributed by atoms with van der Waals surface area (Å²) in [4.78, 5) is 23.6. The zero-order valence-electron chi connectivity index (χ0n) is 9.32. The summed E-state index contributed by atoms with van der Waals surface area (Å²) in [6.45, 7) is 0. The average molecular weight is 234 g/mol. The number of imidazole rings is 1. The molecule has 2 heterocycles. The molecule has 2 aromatic heterocycles. The summed E-state index contributed by atoms with van der Waals surface area (Å²) in [5.74, 6) is 0.111. The zero-order chi connectivity index (χ0) is 12.3. The molecule has 0 saturated heterocycles. The predicted octanol–water partition coefficient (Wildman–Crippen LogP) is 0.379.